The smallest absolute Gasteiger partial charge is 0.244 e. The summed E-state index contributed by atoms with van der Waals surface area (Å²) in [6.07, 6.45) is 9.42. The summed E-state index contributed by atoms with van der Waals surface area (Å²) in [6, 6.07) is 3.86. The summed E-state index contributed by atoms with van der Waals surface area (Å²) in [6.45, 7) is 2.09. The van der Waals surface area contributed by atoms with Gasteiger partial charge in [0.1, 0.15) is 10.7 Å². The first kappa shape index (κ1) is 17.2. The number of pyridine rings is 1. The minimum Gasteiger partial charge on any atom is -0.378 e. The number of nitrogens with one attached hydrogen (secondary N) is 1. The zero-order valence-electron chi connectivity index (χ0n) is 14.6. The Hall–Kier alpha value is -1.18. The summed E-state index contributed by atoms with van der Waals surface area (Å²) >= 11 is 0. The minimum atomic E-state index is -3.40. The van der Waals surface area contributed by atoms with Crippen molar-refractivity contribution in [3.05, 3.63) is 18.3 Å². The summed E-state index contributed by atoms with van der Waals surface area (Å²) in [4.78, 5) is 4.69. The van der Waals surface area contributed by atoms with Crippen LogP contribution in [0.15, 0.2) is 23.2 Å². The van der Waals surface area contributed by atoms with Gasteiger partial charge in [-0.3, -0.25) is 0 Å². The maximum Gasteiger partial charge on any atom is 0.244 e. The summed E-state index contributed by atoms with van der Waals surface area (Å²) in [5.74, 6) is 1.31. The number of hydrogen-bond donors (Lipinski definition) is 1. The van der Waals surface area contributed by atoms with E-state index in [1.54, 1.807) is 16.4 Å². The molecule has 1 aliphatic carbocycles. The lowest BCUT2D eigenvalue weighted by Gasteiger charge is -2.33. The third kappa shape index (κ3) is 3.55. The Labute approximate surface area is 150 Å². The van der Waals surface area contributed by atoms with Crippen molar-refractivity contribution in [1.29, 1.82) is 0 Å². The van der Waals surface area contributed by atoms with Gasteiger partial charge in [-0.2, -0.15) is 4.31 Å². The molecule has 2 saturated heterocycles. The van der Waals surface area contributed by atoms with Crippen LogP contribution in [0.4, 0.5) is 5.82 Å². The quantitative estimate of drug-likeness (QED) is 0.888. The average Bonchev–Trinajstić information content (AvgIpc) is 3.13. The van der Waals surface area contributed by atoms with E-state index < -0.39 is 10.0 Å². The molecule has 7 heteroatoms. The molecule has 3 fully saturated rings. The molecule has 1 aromatic rings. The van der Waals surface area contributed by atoms with Gasteiger partial charge in [-0.05, 0) is 50.7 Å². The predicted octanol–water partition coefficient (Wildman–Crippen LogP) is 2.63. The number of aromatic nitrogens is 1. The van der Waals surface area contributed by atoms with Crippen molar-refractivity contribution in [3.8, 4) is 0 Å². The van der Waals surface area contributed by atoms with Gasteiger partial charge in [0.05, 0.1) is 6.10 Å². The second kappa shape index (κ2) is 7.21. The highest BCUT2D eigenvalue weighted by molar-refractivity contribution is 7.89. The summed E-state index contributed by atoms with van der Waals surface area (Å²) < 4.78 is 32.8. The molecule has 3 unspecified atom stereocenters. The van der Waals surface area contributed by atoms with Crippen molar-refractivity contribution < 1.29 is 13.2 Å². The summed E-state index contributed by atoms with van der Waals surface area (Å²) in [5.41, 5.74) is 0. The molecular formula is C18H27N3O3S. The Kier molecular flexibility index (Phi) is 4.97. The normalized spacial score (nSPS) is 30.8. The van der Waals surface area contributed by atoms with Crippen molar-refractivity contribution in [1.82, 2.24) is 9.29 Å². The zero-order valence-corrected chi connectivity index (χ0v) is 15.4. The van der Waals surface area contributed by atoms with Gasteiger partial charge in [-0.25, -0.2) is 13.4 Å². The van der Waals surface area contributed by atoms with Gasteiger partial charge in [-0.1, -0.05) is 6.42 Å². The first-order valence-electron chi connectivity index (χ1n) is 9.49. The lowest BCUT2D eigenvalue weighted by molar-refractivity contribution is 0.0619. The number of hydrogen-bond acceptors (Lipinski definition) is 5. The lowest BCUT2D eigenvalue weighted by Crippen LogP contribution is -2.38. The Morgan fingerprint density at radius 1 is 1.08 bits per heavy atom. The highest BCUT2D eigenvalue weighted by atomic mass is 32.2. The zero-order chi connectivity index (χ0) is 17.3. The SMILES string of the molecule is O=S(=O)(c1ccc(NC2CCCC3OCCC23)nc1)N1CCCCC1. The number of rotatable bonds is 4. The molecule has 1 N–H and O–H groups in total. The third-order valence-electron chi connectivity index (χ3n) is 5.80. The topological polar surface area (TPSA) is 71.5 Å². The van der Waals surface area contributed by atoms with Crippen LogP contribution in [0, 0.1) is 5.92 Å². The van der Waals surface area contributed by atoms with Crippen LogP contribution in [0.2, 0.25) is 0 Å². The molecule has 3 aliphatic rings. The summed E-state index contributed by atoms with van der Waals surface area (Å²) in [7, 11) is -3.40. The van der Waals surface area contributed by atoms with E-state index in [1.165, 1.54) is 12.6 Å². The maximum absolute atomic E-state index is 12.7. The minimum absolute atomic E-state index is 0.297. The van der Waals surface area contributed by atoms with Crippen LogP contribution >= 0.6 is 0 Å². The molecule has 0 aromatic carbocycles. The molecule has 6 nitrogen and oxygen atoms in total. The van der Waals surface area contributed by atoms with Crippen LogP contribution < -0.4 is 5.32 Å². The first-order chi connectivity index (χ1) is 12.1. The van der Waals surface area contributed by atoms with E-state index in [4.69, 9.17) is 4.74 Å². The molecule has 4 rings (SSSR count). The Morgan fingerprint density at radius 2 is 1.92 bits per heavy atom. The molecule has 2 aliphatic heterocycles. The number of nitrogens with zero attached hydrogens (tertiary/aromatic N) is 2. The number of ether oxygens (including phenoxy) is 1. The first-order valence-corrected chi connectivity index (χ1v) is 10.9. The van der Waals surface area contributed by atoms with Gasteiger partial charge in [-0.15, -0.1) is 0 Å². The van der Waals surface area contributed by atoms with E-state index in [0.717, 1.165) is 50.9 Å². The predicted molar refractivity (Wildman–Crippen MR) is 96.0 cm³/mol. The second-order valence-electron chi connectivity index (χ2n) is 7.39. The Balaban J connectivity index is 1.45. The Bertz CT molecular complexity index is 686. The largest absolute Gasteiger partial charge is 0.378 e. The number of anilines is 1. The van der Waals surface area contributed by atoms with Crippen molar-refractivity contribution in [3.63, 3.8) is 0 Å². The number of sulfonamides is 1. The standard InChI is InChI=1S/C18H27N3O3S/c22-25(23,21-10-2-1-3-11-21)14-7-8-18(19-13-14)20-16-5-4-6-17-15(16)9-12-24-17/h7-8,13,15-17H,1-6,9-12H2,(H,19,20). The number of fused-ring (bicyclic) bond motifs is 1. The third-order valence-corrected chi connectivity index (χ3v) is 7.69. The van der Waals surface area contributed by atoms with E-state index in [0.29, 0.717) is 36.0 Å². The fraction of sp³-hybridized carbons (Fsp3) is 0.722. The molecule has 3 heterocycles. The van der Waals surface area contributed by atoms with Gasteiger partial charge in [0.25, 0.3) is 0 Å². The molecule has 1 saturated carbocycles. The molecule has 0 bridgehead atoms. The van der Waals surface area contributed by atoms with Crippen LogP contribution in [0.1, 0.15) is 44.9 Å². The second-order valence-corrected chi connectivity index (χ2v) is 9.33. The van der Waals surface area contributed by atoms with Crippen LogP contribution in [0.25, 0.3) is 0 Å². The van der Waals surface area contributed by atoms with Crippen molar-refractivity contribution in [2.75, 3.05) is 25.0 Å². The monoisotopic (exact) mass is 365 g/mol. The van der Waals surface area contributed by atoms with E-state index >= 15 is 0 Å². The van der Waals surface area contributed by atoms with Crippen LogP contribution in [0.3, 0.4) is 0 Å². The highest BCUT2D eigenvalue weighted by Crippen LogP contribution is 2.35. The van der Waals surface area contributed by atoms with Gasteiger partial charge >= 0.3 is 0 Å². The summed E-state index contributed by atoms with van der Waals surface area (Å²) in [5, 5.41) is 3.51. The molecule has 3 atom stereocenters. The number of piperidine rings is 1. The van der Waals surface area contributed by atoms with Crippen molar-refractivity contribution in [2.45, 2.75) is 62.0 Å². The molecule has 0 radical (unpaired) electrons. The van der Waals surface area contributed by atoms with Crippen molar-refractivity contribution in [2.24, 2.45) is 5.92 Å². The van der Waals surface area contributed by atoms with Gasteiger partial charge in [0, 0.05) is 37.9 Å². The van der Waals surface area contributed by atoms with E-state index in [-0.39, 0.29) is 0 Å². The van der Waals surface area contributed by atoms with Gasteiger partial charge in [0.2, 0.25) is 10.0 Å². The molecule has 1 aromatic heterocycles. The average molecular weight is 365 g/mol. The molecule has 0 amide bonds. The van der Waals surface area contributed by atoms with E-state index in [1.807, 2.05) is 0 Å². The van der Waals surface area contributed by atoms with Gasteiger partial charge < -0.3 is 10.1 Å². The van der Waals surface area contributed by atoms with Crippen LogP contribution in [-0.4, -0.2) is 49.5 Å². The fourth-order valence-electron chi connectivity index (χ4n) is 4.42. The van der Waals surface area contributed by atoms with Crippen LogP contribution in [-0.2, 0) is 14.8 Å². The van der Waals surface area contributed by atoms with E-state index in [2.05, 4.69) is 10.3 Å². The van der Waals surface area contributed by atoms with Crippen molar-refractivity contribution >= 4 is 15.8 Å². The fourth-order valence-corrected chi connectivity index (χ4v) is 5.88. The molecule has 0 spiro atoms. The highest BCUT2D eigenvalue weighted by Gasteiger charge is 2.37. The molecule has 138 valence electrons. The molecule has 25 heavy (non-hydrogen) atoms. The maximum atomic E-state index is 12.7. The molecular weight excluding hydrogens is 338 g/mol. The van der Waals surface area contributed by atoms with Gasteiger partial charge in [0.15, 0.2) is 0 Å². The Morgan fingerprint density at radius 3 is 2.68 bits per heavy atom. The van der Waals surface area contributed by atoms with Crippen LogP contribution in [0.5, 0.6) is 0 Å². The lowest BCUT2D eigenvalue weighted by atomic mass is 9.82. The van der Waals surface area contributed by atoms with E-state index in [9.17, 15) is 8.42 Å².